The molecule has 0 radical (unpaired) electrons. The summed E-state index contributed by atoms with van der Waals surface area (Å²) in [7, 11) is 0. The molecule has 0 bridgehead atoms. The summed E-state index contributed by atoms with van der Waals surface area (Å²) in [5, 5.41) is 2.76. The van der Waals surface area contributed by atoms with Gasteiger partial charge in [-0.25, -0.2) is 0 Å². The third kappa shape index (κ3) is 3.88. The van der Waals surface area contributed by atoms with Crippen LogP contribution in [0.2, 0.25) is 4.34 Å². The van der Waals surface area contributed by atoms with Gasteiger partial charge in [-0.15, -0.1) is 11.3 Å². The molecule has 0 aliphatic carbocycles. The van der Waals surface area contributed by atoms with Gasteiger partial charge in [-0.3, -0.25) is 14.2 Å². The Labute approximate surface area is 161 Å². The Morgan fingerprint density at radius 2 is 1.92 bits per heavy atom. The van der Waals surface area contributed by atoms with E-state index in [2.05, 4.69) is 27.9 Å². The normalized spacial score (nSPS) is 10.6. The second-order valence-electron chi connectivity index (χ2n) is 4.97. The van der Waals surface area contributed by atoms with Crippen molar-refractivity contribution in [3.8, 4) is 5.69 Å². The van der Waals surface area contributed by atoms with Gasteiger partial charge in [0, 0.05) is 27.6 Å². The first-order chi connectivity index (χ1) is 11.5. The Kier molecular flexibility index (Phi) is 5.37. The van der Waals surface area contributed by atoms with Crippen molar-refractivity contribution in [1.82, 2.24) is 9.88 Å². The molecule has 2 heterocycles. The summed E-state index contributed by atoms with van der Waals surface area (Å²) in [4.78, 5) is 25.2. The minimum Gasteiger partial charge on any atom is -0.347 e. The van der Waals surface area contributed by atoms with Crippen molar-refractivity contribution < 1.29 is 4.79 Å². The molecule has 0 unspecified atom stereocenters. The monoisotopic (exact) mass is 470 g/mol. The standard InChI is InChI=1S/C17H12ClIN2O2S/c18-15-8-7-14(24-15)16(22)20-10-11-2-1-9-21(17(11)23)13-5-3-12(19)4-6-13/h1-9H,10H2,(H,20,22). The number of carbonyl (C=O) groups excluding carboxylic acids is 1. The van der Waals surface area contributed by atoms with Gasteiger partial charge in [0.05, 0.1) is 9.21 Å². The van der Waals surface area contributed by atoms with Crippen LogP contribution in [0, 0.1) is 3.57 Å². The van der Waals surface area contributed by atoms with E-state index in [9.17, 15) is 9.59 Å². The fourth-order valence-electron chi connectivity index (χ4n) is 2.18. The van der Waals surface area contributed by atoms with E-state index >= 15 is 0 Å². The third-order valence-electron chi connectivity index (χ3n) is 3.37. The average Bonchev–Trinajstić information content (AvgIpc) is 3.01. The molecule has 24 heavy (non-hydrogen) atoms. The lowest BCUT2D eigenvalue weighted by atomic mass is 10.2. The number of carbonyl (C=O) groups is 1. The summed E-state index contributed by atoms with van der Waals surface area (Å²) >= 11 is 9.25. The molecular weight excluding hydrogens is 459 g/mol. The quantitative estimate of drug-likeness (QED) is 0.584. The molecule has 4 nitrogen and oxygen atoms in total. The number of hydrogen-bond acceptors (Lipinski definition) is 3. The summed E-state index contributed by atoms with van der Waals surface area (Å²) in [6.07, 6.45) is 1.72. The number of rotatable bonds is 4. The molecule has 7 heteroatoms. The van der Waals surface area contributed by atoms with Crippen LogP contribution in [0.15, 0.2) is 59.5 Å². The van der Waals surface area contributed by atoms with Crippen LogP contribution < -0.4 is 10.9 Å². The van der Waals surface area contributed by atoms with Crippen LogP contribution in [-0.2, 0) is 6.54 Å². The summed E-state index contributed by atoms with van der Waals surface area (Å²) in [5.74, 6) is -0.240. The van der Waals surface area contributed by atoms with Gasteiger partial charge in [-0.2, -0.15) is 0 Å². The van der Waals surface area contributed by atoms with Gasteiger partial charge < -0.3 is 5.32 Å². The van der Waals surface area contributed by atoms with Crippen molar-refractivity contribution in [2.45, 2.75) is 6.54 Å². The Balaban J connectivity index is 1.79. The lowest BCUT2D eigenvalue weighted by Gasteiger charge is -2.09. The predicted octanol–water partition coefficient (Wildman–Crippen LogP) is 4.09. The maximum Gasteiger partial charge on any atom is 0.261 e. The number of thiophene rings is 1. The number of amides is 1. The molecule has 122 valence electrons. The van der Waals surface area contributed by atoms with Crippen molar-refractivity contribution in [3.05, 3.63) is 83.4 Å². The molecule has 3 aromatic rings. The maximum atomic E-state index is 12.6. The highest BCUT2D eigenvalue weighted by molar-refractivity contribution is 14.1. The van der Waals surface area contributed by atoms with Gasteiger partial charge >= 0.3 is 0 Å². The number of benzene rings is 1. The highest BCUT2D eigenvalue weighted by atomic mass is 127. The van der Waals surface area contributed by atoms with Crippen LogP contribution in [0.5, 0.6) is 0 Å². The van der Waals surface area contributed by atoms with Crippen LogP contribution >= 0.6 is 45.5 Å². The molecule has 2 aromatic heterocycles. The van der Waals surface area contributed by atoms with E-state index in [0.29, 0.717) is 14.8 Å². The van der Waals surface area contributed by atoms with Gasteiger partial charge in [-0.05, 0) is 65.1 Å². The van der Waals surface area contributed by atoms with Crippen LogP contribution in [0.3, 0.4) is 0 Å². The highest BCUT2D eigenvalue weighted by Gasteiger charge is 2.10. The number of aromatic nitrogens is 1. The van der Waals surface area contributed by atoms with Gasteiger partial charge in [0.1, 0.15) is 0 Å². The van der Waals surface area contributed by atoms with Crippen molar-refractivity contribution in [3.63, 3.8) is 0 Å². The molecule has 1 N–H and O–H groups in total. The van der Waals surface area contributed by atoms with E-state index in [1.807, 2.05) is 24.3 Å². The topological polar surface area (TPSA) is 51.1 Å². The van der Waals surface area contributed by atoms with Gasteiger partial charge in [0.25, 0.3) is 11.5 Å². The second kappa shape index (κ2) is 7.50. The van der Waals surface area contributed by atoms with E-state index < -0.39 is 0 Å². The number of hydrogen-bond donors (Lipinski definition) is 1. The molecule has 0 fully saturated rings. The highest BCUT2D eigenvalue weighted by Crippen LogP contribution is 2.21. The van der Waals surface area contributed by atoms with Crippen LogP contribution in [-0.4, -0.2) is 10.5 Å². The van der Waals surface area contributed by atoms with E-state index in [-0.39, 0.29) is 18.0 Å². The van der Waals surface area contributed by atoms with E-state index in [1.165, 1.54) is 11.3 Å². The lowest BCUT2D eigenvalue weighted by molar-refractivity contribution is 0.0955. The summed E-state index contributed by atoms with van der Waals surface area (Å²) in [6.45, 7) is 0.165. The first-order valence-corrected chi connectivity index (χ1v) is 9.32. The Hall–Kier alpha value is -1.64. The molecule has 3 rings (SSSR count). The van der Waals surface area contributed by atoms with E-state index in [0.717, 1.165) is 9.26 Å². The zero-order valence-corrected chi connectivity index (χ0v) is 16.1. The summed E-state index contributed by atoms with van der Waals surface area (Å²) in [6, 6.07) is 14.5. The molecule has 0 aliphatic rings. The molecule has 0 atom stereocenters. The van der Waals surface area contributed by atoms with Gasteiger partial charge in [-0.1, -0.05) is 17.7 Å². The van der Waals surface area contributed by atoms with Crippen molar-refractivity contribution in [2.75, 3.05) is 0 Å². The zero-order valence-electron chi connectivity index (χ0n) is 12.3. The molecule has 0 saturated heterocycles. The molecule has 1 amide bonds. The summed E-state index contributed by atoms with van der Waals surface area (Å²) < 4.78 is 3.22. The van der Waals surface area contributed by atoms with Crippen LogP contribution in [0.4, 0.5) is 0 Å². The molecule has 0 spiro atoms. The van der Waals surface area contributed by atoms with E-state index in [4.69, 9.17) is 11.6 Å². The molecule has 1 aromatic carbocycles. The summed E-state index contributed by atoms with van der Waals surface area (Å²) in [5.41, 5.74) is 1.16. The fourth-order valence-corrected chi connectivity index (χ4v) is 3.50. The average molecular weight is 471 g/mol. The number of nitrogens with one attached hydrogen (secondary N) is 1. The second-order valence-corrected chi connectivity index (χ2v) is 7.93. The largest absolute Gasteiger partial charge is 0.347 e. The minimum absolute atomic E-state index is 0.150. The molecular formula is C17H12ClIN2O2S. The number of pyridine rings is 1. The molecule has 0 saturated carbocycles. The van der Waals surface area contributed by atoms with Crippen LogP contribution in [0.25, 0.3) is 5.69 Å². The third-order valence-corrected chi connectivity index (χ3v) is 5.32. The SMILES string of the molecule is O=C(NCc1cccn(-c2ccc(I)cc2)c1=O)c1ccc(Cl)s1. The van der Waals surface area contributed by atoms with E-state index in [1.54, 1.807) is 35.0 Å². The van der Waals surface area contributed by atoms with Gasteiger partial charge in [0.2, 0.25) is 0 Å². The van der Waals surface area contributed by atoms with Crippen molar-refractivity contribution >= 4 is 51.4 Å². The zero-order chi connectivity index (χ0) is 17.1. The fraction of sp³-hybridized carbons (Fsp3) is 0.0588. The number of nitrogens with zero attached hydrogens (tertiary/aromatic N) is 1. The Morgan fingerprint density at radius 1 is 1.17 bits per heavy atom. The first-order valence-electron chi connectivity index (χ1n) is 7.04. The van der Waals surface area contributed by atoms with Gasteiger partial charge in [0.15, 0.2) is 0 Å². The predicted molar refractivity (Wildman–Crippen MR) is 105 cm³/mol. The first kappa shape index (κ1) is 17.2. The van der Waals surface area contributed by atoms with Crippen molar-refractivity contribution in [2.24, 2.45) is 0 Å². The lowest BCUT2D eigenvalue weighted by Crippen LogP contribution is -2.28. The van der Waals surface area contributed by atoms with Crippen LogP contribution in [0.1, 0.15) is 15.2 Å². The van der Waals surface area contributed by atoms with Crippen molar-refractivity contribution in [1.29, 1.82) is 0 Å². The smallest absolute Gasteiger partial charge is 0.261 e. The maximum absolute atomic E-state index is 12.6. The minimum atomic E-state index is -0.240. The Morgan fingerprint density at radius 3 is 2.58 bits per heavy atom. The Bertz CT molecular complexity index is 934. The number of halogens is 2. The molecule has 0 aliphatic heterocycles.